The molecule has 0 radical (unpaired) electrons. The molecule has 37 heavy (non-hydrogen) atoms. The highest BCUT2D eigenvalue weighted by Gasteiger charge is 2.24. The maximum Gasteiger partial charge on any atom is 0.408 e. The van der Waals surface area contributed by atoms with Crippen molar-refractivity contribution < 1.29 is 23.9 Å². The summed E-state index contributed by atoms with van der Waals surface area (Å²) in [5, 5.41) is 8.79. The molecule has 9 heteroatoms. The van der Waals surface area contributed by atoms with Gasteiger partial charge in [-0.1, -0.05) is 83.5 Å². The van der Waals surface area contributed by atoms with E-state index in [1.807, 2.05) is 72.8 Å². The van der Waals surface area contributed by atoms with Crippen LogP contribution in [0.5, 0.6) is 0 Å². The molecule has 0 aliphatic heterocycles. The first-order valence-corrected chi connectivity index (χ1v) is 12.6. The molecule has 0 heterocycles. The van der Waals surface area contributed by atoms with E-state index in [-0.39, 0.29) is 19.1 Å². The minimum Gasteiger partial charge on any atom is -0.468 e. The average Bonchev–Trinajstić information content (AvgIpc) is 2.92. The lowest BCUT2D eigenvalue weighted by atomic mass is 9.96. The van der Waals surface area contributed by atoms with Gasteiger partial charge in [-0.15, -0.1) is 0 Å². The van der Waals surface area contributed by atoms with E-state index in [0.717, 1.165) is 21.2 Å². The van der Waals surface area contributed by atoms with Crippen molar-refractivity contribution in [2.24, 2.45) is 0 Å². The second kappa shape index (κ2) is 14.2. The second-order valence-electron chi connectivity index (χ2n) is 8.19. The molecule has 2 amide bonds. The Kier molecular flexibility index (Phi) is 10.7. The largest absolute Gasteiger partial charge is 0.468 e. The van der Waals surface area contributed by atoms with Crippen LogP contribution in [0.4, 0.5) is 10.5 Å². The van der Waals surface area contributed by atoms with Crippen molar-refractivity contribution in [2.75, 3.05) is 19.0 Å². The van der Waals surface area contributed by atoms with Crippen molar-refractivity contribution in [3.05, 3.63) is 100 Å². The van der Waals surface area contributed by atoms with E-state index < -0.39 is 24.1 Å². The number of methoxy groups -OCH3 is 1. The van der Waals surface area contributed by atoms with Crippen LogP contribution in [-0.2, 0) is 25.7 Å². The Balaban J connectivity index is 1.77. The molecule has 0 aliphatic rings. The number of ether oxygens (including phenoxy) is 2. The smallest absolute Gasteiger partial charge is 0.408 e. The lowest BCUT2D eigenvalue weighted by Crippen LogP contribution is -2.43. The number of amides is 2. The molecule has 3 rings (SSSR count). The molecule has 0 bridgehead atoms. The summed E-state index contributed by atoms with van der Waals surface area (Å²) in [6, 6.07) is 23.1. The number of rotatable bonds is 11. The number of hydrogen-bond acceptors (Lipinski definition) is 6. The zero-order valence-corrected chi connectivity index (χ0v) is 22.3. The quantitative estimate of drug-likeness (QED) is 0.283. The van der Waals surface area contributed by atoms with Crippen LogP contribution in [0.1, 0.15) is 36.1 Å². The Morgan fingerprint density at radius 3 is 2.27 bits per heavy atom. The number of halogens is 1. The molecule has 0 fully saturated rings. The first kappa shape index (κ1) is 27.9. The zero-order chi connectivity index (χ0) is 26.6. The van der Waals surface area contributed by atoms with Crippen molar-refractivity contribution in [1.82, 2.24) is 10.6 Å². The molecule has 0 saturated heterocycles. The van der Waals surface area contributed by atoms with E-state index in [1.54, 1.807) is 13.0 Å². The first-order valence-electron chi connectivity index (χ1n) is 11.8. The van der Waals surface area contributed by atoms with Crippen LogP contribution in [-0.4, -0.2) is 37.7 Å². The van der Waals surface area contributed by atoms with Gasteiger partial charge < -0.3 is 20.1 Å². The molecule has 2 unspecified atom stereocenters. The fourth-order valence-corrected chi connectivity index (χ4v) is 4.06. The Bertz CT molecular complexity index is 1190. The van der Waals surface area contributed by atoms with Gasteiger partial charge in [-0.3, -0.25) is 14.9 Å². The molecule has 194 valence electrons. The maximum atomic E-state index is 13.2. The van der Waals surface area contributed by atoms with Gasteiger partial charge in [0.05, 0.1) is 19.7 Å². The van der Waals surface area contributed by atoms with E-state index in [1.165, 1.54) is 7.11 Å². The first-order chi connectivity index (χ1) is 17.9. The van der Waals surface area contributed by atoms with Crippen LogP contribution < -0.4 is 16.0 Å². The average molecular weight is 568 g/mol. The summed E-state index contributed by atoms with van der Waals surface area (Å²) >= 11 is 3.50. The SMILES string of the molecule is CCC(NC(=O)OCc1ccccc1)C(=O)Nc1ccc(Br)cc1C(NCC(=O)OC)c1ccccc1. The lowest BCUT2D eigenvalue weighted by molar-refractivity contribution is -0.139. The number of esters is 1. The van der Waals surface area contributed by atoms with Gasteiger partial charge >= 0.3 is 12.1 Å². The zero-order valence-electron chi connectivity index (χ0n) is 20.7. The Morgan fingerprint density at radius 2 is 1.62 bits per heavy atom. The second-order valence-corrected chi connectivity index (χ2v) is 9.10. The van der Waals surface area contributed by atoms with Crippen molar-refractivity contribution in [3.8, 4) is 0 Å². The van der Waals surface area contributed by atoms with Crippen LogP contribution in [0.3, 0.4) is 0 Å². The predicted octanol–water partition coefficient (Wildman–Crippen LogP) is 4.94. The predicted molar refractivity (Wildman–Crippen MR) is 145 cm³/mol. The third-order valence-corrected chi connectivity index (χ3v) is 6.12. The van der Waals surface area contributed by atoms with E-state index >= 15 is 0 Å². The van der Waals surface area contributed by atoms with Gasteiger partial charge in [0.2, 0.25) is 5.91 Å². The molecule has 0 spiro atoms. The van der Waals surface area contributed by atoms with Gasteiger partial charge in [-0.05, 0) is 41.3 Å². The van der Waals surface area contributed by atoms with E-state index in [0.29, 0.717) is 12.1 Å². The molecule has 3 aromatic carbocycles. The number of anilines is 1. The van der Waals surface area contributed by atoms with Crippen LogP contribution in [0.25, 0.3) is 0 Å². The number of carbonyl (C=O) groups is 3. The Hall–Kier alpha value is -3.69. The fraction of sp³-hybridized carbons (Fsp3) is 0.250. The van der Waals surface area contributed by atoms with Crippen molar-refractivity contribution in [3.63, 3.8) is 0 Å². The highest BCUT2D eigenvalue weighted by molar-refractivity contribution is 9.10. The van der Waals surface area contributed by atoms with Crippen LogP contribution in [0, 0.1) is 0 Å². The van der Waals surface area contributed by atoms with Crippen molar-refractivity contribution in [1.29, 1.82) is 0 Å². The molecule has 0 aliphatic carbocycles. The van der Waals surface area contributed by atoms with Gasteiger partial charge in [0, 0.05) is 10.2 Å². The minimum atomic E-state index is -0.807. The summed E-state index contributed by atoms with van der Waals surface area (Å²) in [6.07, 6.45) is -0.315. The van der Waals surface area contributed by atoms with Crippen LogP contribution in [0.15, 0.2) is 83.3 Å². The Morgan fingerprint density at radius 1 is 0.946 bits per heavy atom. The summed E-state index contributed by atoms with van der Waals surface area (Å²) in [6.45, 7) is 1.88. The number of carbonyl (C=O) groups excluding carboxylic acids is 3. The molecule has 0 saturated carbocycles. The van der Waals surface area contributed by atoms with Gasteiger partial charge in [0.1, 0.15) is 12.6 Å². The number of nitrogens with one attached hydrogen (secondary N) is 3. The fourth-order valence-electron chi connectivity index (χ4n) is 3.68. The van der Waals surface area contributed by atoms with Crippen LogP contribution >= 0.6 is 15.9 Å². The molecule has 3 aromatic rings. The van der Waals surface area contributed by atoms with Crippen molar-refractivity contribution in [2.45, 2.75) is 32.0 Å². The van der Waals surface area contributed by atoms with Gasteiger partial charge in [0.25, 0.3) is 0 Å². The lowest BCUT2D eigenvalue weighted by Gasteiger charge is -2.24. The summed E-state index contributed by atoms with van der Waals surface area (Å²) in [5.41, 5.74) is 3.02. The molecule has 3 N–H and O–H groups in total. The van der Waals surface area contributed by atoms with Crippen LogP contribution in [0.2, 0.25) is 0 Å². The molecule has 0 aromatic heterocycles. The third-order valence-electron chi connectivity index (χ3n) is 5.62. The van der Waals surface area contributed by atoms with Gasteiger partial charge in [0.15, 0.2) is 0 Å². The van der Waals surface area contributed by atoms with Gasteiger partial charge in [-0.25, -0.2) is 4.79 Å². The van der Waals surface area contributed by atoms with Crippen molar-refractivity contribution >= 4 is 39.6 Å². The summed E-state index contributed by atoms with van der Waals surface area (Å²) in [5.74, 6) is -0.798. The van der Waals surface area contributed by atoms with Gasteiger partial charge in [-0.2, -0.15) is 0 Å². The standard InChI is InChI=1S/C28H30BrN3O5/c1-3-23(32-28(35)37-18-19-10-6-4-7-11-19)27(34)31-24-15-14-21(29)16-22(24)26(30-17-25(33)36-2)20-12-8-5-9-13-20/h4-16,23,26,30H,3,17-18H2,1-2H3,(H,31,34)(H,32,35). The topological polar surface area (TPSA) is 106 Å². The summed E-state index contributed by atoms with van der Waals surface area (Å²) in [7, 11) is 1.33. The summed E-state index contributed by atoms with van der Waals surface area (Å²) < 4.78 is 10.9. The number of hydrogen-bond donors (Lipinski definition) is 3. The minimum absolute atomic E-state index is 0.0254. The molecule has 8 nitrogen and oxygen atoms in total. The maximum absolute atomic E-state index is 13.2. The number of alkyl carbamates (subject to hydrolysis) is 1. The van der Waals surface area contributed by atoms with E-state index in [4.69, 9.17) is 9.47 Å². The molecular formula is C28H30BrN3O5. The number of benzene rings is 3. The highest BCUT2D eigenvalue weighted by Crippen LogP contribution is 2.31. The molecule has 2 atom stereocenters. The summed E-state index contributed by atoms with van der Waals surface area (Å²) in [4.78, 5) is 37.4. The third kappa shape index (κ3) is 8.44. The molecular weight excluding hydrogens is 538 g/mol. The highest BCUT2D eigenvalue weighted by atomic mass is 79.9. The monoisotopic (exact) mass is 567 g/mol. The van der Waals surface area contributed by atoms with E-state index in [9.17, 15) is 14.4 Å². The Labute approximate surface area is 224 Å². The van der Waals surface area contributed by atoms with E-state index in [2.05, 4.69) is 31.9 Å². The normalized spacial score (nSPS) is 12.2.